The van der Waals surface area contributed by atoms with Crippen LogP contribution in [-0.4, -0.2) is 30.0 Å². The lowest BCUT2D eigenvalue weighted by Crippen LogP contribution is -2.18. The van der Waals surface area contributed by atoms with Crippen molar-refractivity contribution in [3.05, 3.63) is 93.2 Å². The third-order valence-corrected chi connectivity index (χ3v) is 5.84. The zero-order chi connectivity index (χ0) is 24.5. The van der Waals surface area contributed by atoms with Crippen molar-refractivity contribution in [3.63, 3.8) is 0 Å². The highest BCUT2D eigenvalue weighted by Crippen LogP contribution is 2.15. The Kier molecular flexibility index (Phi) is 8.65. The molecule has 1 N–H and O–H groups in total. The number of hydrogen-bond acceptors (Lipinski definition) is 6. The zero-order valence-corrected chi connectivity index (χ0v) is 19.8. The lowest BCUT2D eigenvalue weighted by molar-refractivity contribution is -0.143. The van der Waals surface area contributed by atoms with Crippen LogP contribution >= 0.6 is 11.3 Å². The van der Waals surface area contributed by atoms with Gasteiger partial charge < -0.3 is 10.1 Å². The molecule has 0 aliphatic rings. The van der Waals surface area contributed by atoms with Crippen molar-refractivity contribution in [2.75, 3.05) is 11.9 Å². The minimum absolute atomic E-state index is 0.0825. The van der Waals surface area contributed by atoms with E-state index in [0.717, 1.165) is 16.0 Å². The van der Waals surface area contributed by atoms with Crippen molar-refractivity contribution in [2.45, 2.75) is 26.7 Å². The average molecular weight is 476 g/mol. The Labute approximate surface area is 202 Å². The highest BCUT2D eigenvalue weighted by Gasteiger charge is 2.14. The van der Waals surface area contributed by atoms with Crippen molar-refractivity contribution < 1.29 is 23.9 Å². The Morgan fingerprint density at radius 3 is 2.41 bits per heavy atom. The molecule has 7 heteroatoms. The molecule has 6 nitrogen and oxygen atoms in total. The highest BCUT2D eigenvalue weighted by atomic mass is 32.1. The first-order valence-corrected chi connectivity index (χ1v) is 11.6. The van der Waals surface area contributed by atoms with E-state index in [0.29, 0.717) is 16.8 Å². The number of rotatable bonds is 10. The first kappa shape index (κ1) is 24.8. The lowest BCUT2D eigenvalue weighted by atomic mass is 10.0. The summed E-state index contributed by atoms with van der Waals surface area (Å²) in [7, 11) is 0. The van der Waals surface area contributed by atoms with Crippen LogP contribution in [0.5, 0.6) is 0 Å². The van der Waals surface area contributed by atoms with E-state index in [1.807, 2.05) is 43.5 Å². The SMILES string of the molecule is Cc1ccc(C(=O)COC(=O)CCC(=O)Nc2ccc(C(=O)/C=C/c3cccs3)cc2)c(C)c1. The van der Waals surface area contributed by atoms with E-state index in [1.165, 1.54) is 6.08 Å². The van der Waals surface area contributed by atoms with Gasteiger partial charge in [-0.1, -0.05) is 29.8 Å². The molecule has 0 aliphatic heterocycles. The second-order valence-corrected chi connectivity index (χ2v) is 8.72. The summed E-state index contributed by atoms with van der Waals surface area (Å²) in [4.78, 5) is 49.6. The van der Waals surface area contributed by atoms with Gasteiger partial charge in [-0.2, -0.15) is 0 Å². The molecule has 0 spiro atoms. The highest BCUT2D eigenvalue weighted by molar-refractivity contribution is 7.10. The fraction of sp³-hybridized carbons (Fsp3) is 0.185. The Morgan fingerprint density at radius 1 is 0.971 bits per heavy atom. The van der Waals surface area contributed by atoms with E-state index in [4.69, 9.17) is 4.74 Å². The molecule has 1 aromatic heterocycles. The summed E-state index contributed by atoms with van der Waals surface area (Å²) in [5.74, 6) is -1.40. The maximum atomic E-state index is 12.3. The summed E-state index contributed by atoms with van der Waals surface area (Å²) in [5.41, 5.74) is 3.40. The number of aryl methyl sites for hydroxylation is 2. The van der Waals surface area contributed by atoms with Gasteiger partial charge >= 0.3 is 5.97 Å². The molecule has 34 heavy (non-hydrogen) atoms. The first-order chi connectivity index (χ1) is 16.3. The maximum absolute atomic E-state index is 12.3. The van der Waals surface area contributed by atoms with Gasteiger partial charge in [-0.15, -0.1) is 11.3 Å². The molecule has 0 atom stereocenters. The Morgan fingerprint density at radius 2 is 1.74 bits per heavy atom. The minimum Gasteiger partial charge on any atom is -0.457 e. The summed E-state index contributed by atoms with van der Waals surface area (Å²) in [6.07, 6.45) is 3.05. The van der Waals surface area contributed by atoms with Crippen LogP contribution in [0.1, 0.15) is 49.6 Å². The van der Waals surface area contributed by atoms with Crippen molar-refractivity contribution in [2.24, 2.45) is 0 Å². The van der Waals surface area contributed by atoms with Crippen LogP contribution in [0.4, 0.5) is 5.69 Å². The van der Waals surface area contributed by atoms with Gasteiger partial charge in [-0.25, -0.2) is 0 Å². The molecule has 1 amide bonds. The molecule has 0 aliphatic carbocycles. The zero-order valence-electron chi connectivity index (χ0n) is 19.0. The second kappa shape index (κ2) is 11.9. The maximum Gasteiger partial charge on any atom is 0.306 e. The normalized spacial score (nSPS) is 10.8. The number of carbonyl (C=O) groups is 4. The molecule has 0 fully saturated rings. The number of benzene rings is 2. The lowest BCUT2D eigenvalue weighted by Gasteiger charge is -2.08. The van der Waals surface area contributed by atoms with E-state index in [1.54, 1.807) is 47.7 Å². The number of ketones is 2. The average Bonchev–Trinajstić information content (AvgIpc) is 3.34. The summed E-state index contributed by atoms with van der Waals surface area (Å²) >= 11 is 1.54. The number of ether oxygens (including phenoxy) is 1. The Hall–Kier alpha value is -3.84. The van der Waals surface area contributed by atoms with Crippen LogP contribution in [0.3, 0.4) is 0 Å². The molecular formula is C27H25NO5S. The van der Waals surface area contributed by atoms with Crippen LogP contribution in [-0.2, 0) is 14.3 Å². The number of carbonyl (C=O) groups excluding carboxylic acids is 4. The number of allylic oxidation sites excluding steroid dienone is 1. The van der Waals surface area contributed by atoms with E-state index in [2.05, 4.69) is 5.32 Å². The number of Topliss-reactive ketones (excluding diaryl/α,β-unsaturated/α-hetero) is 1. The predicted molar refractivity (Wildman–Crippen MR) is 133 cm³/mol. The molecule has 1 heterocycles. The van der Waals surface area contributed by atoms with E-state index >= 15 is 0 Å². The molecule has 0 bridgehead atoms. The van der Waals surface area contributed by atoms with E-state index in [9.17, 15) is 19.2 Å². The number of nitrogens with one attached hydrogen (secondary N) is 1. The minimum atomic E-state index is -0.619. The molecule has 0 saturated heterocycles. The van der Waals surface area contributed by atoms with Gasteiger partial charge in [0.05, 0.1) is 6.42 Å². The molecule has 0 radical (unpaired) electrons. The number of anilines is 1. The van der Waals surface area contributed by atoms with Gasteiger partial charge in [0, 0.05) is 28.1 Å². The Bertz CT molecular complexity index is 1210. The topological polar surface area (TPSA) is 89.5 Å². The number of hydrogen-bond donors (Lipinski definition) is 1. The Balaban J connectivity index is 1.41. The predicted octanol–water partition coefficient (Wildman–Crippen LogP) is 5.41. The largest absolute Gasteiger partial charge is 0.457 e. The number of amides is 1. The van der Waals surface area contributed by atoms with Crippen molar-refractivity contribution in [1.82, 2.24) is 0 Å². The van der Waals surface area contributed by atoms with E-state index < -0.39 is 5.97 Å². The quantitative estimate of drug-likeness (QED) is 0.241. The first-order valence-electron chi connectivity index (χ1n) is 10.7. The van der Waals surface area contributed by atoms with Gasteiger partial charge in [-0.3, -0.25) is 19.2 Å². The van der Waals surface area contributed by atoms with Crippen molar-refractivity contribution in [1.29, 1.82) is 0 Å². The van der Waals surface area contributed by atoms with Crippen molar-refractivity contribution >= 4 is 46.5 Å². The van der Waals surface area contributed by atoms with Gasteiger partial charge in [0.1, 0.15) is 0 Å². The van der Waals surface area contributed by atoms with Crippen LogP contribution in [0.25, 0.3) is 6.08 Å². The summed E-state index contributed by atoms with van der Waals surface area (Å²) in [5, 5.41) is 4.62. The van der Waals surface area contributed by atoms with Gasteiger partial charge in [0.25, 0.3) is 0 Å². The summed E-state index contributed by atoms with van der Waals surface area (Å²) < 4.78 is 5.02. The van der Waals surface area contributed by atoms with Crippen LogP contribution in [0, 0.1) is 13.8 Å². The molecule has 0 saturated carbocycles. The van der Waals surface area contributed by atoms with Gasteiger partial charge in [-0.05, 0) is 67.3 Å². The standard InChI is InChI=1S/C27H25NO5S/c1-18-5-11-23(19(2)16-18)25(30)17-33-27(32)14-13-26(31)28-21-8-6-20(7-9-21)24(29)12-10-22-4-3-15-34-22/h3-12,15-16H,13-14,17H2,1-2H3,(H,28,31)/b12-10+. The number of thiophene rings is 1. The molecule has 3 aromatic rings. The monoisotopic (exact) mass is 475 g/mol. The summed E-state index contributed by atoms with van der Waals surface area (Å²) in [6, 6.07) is 15.8. The van der Waals surface area contributed by atoms with Crippen LogP contribution in [0.2, 0.25) is 0 Å². The summed E-state index contributed by atoms with van der Waals surface area (Å²) in [6.45, 7) is 3.41. The molecular weight excluding hydrogens is 450 g/mol. The molecule has 3 rings (SSSR count). The third kappa shape index (κ3) is 7.35. The second-order valence-electron chi connectivity index (χ2n) is 7.74. The smallest absolute Gasteiger partial charge is 0.306 e. The number of esters is 1. The van der Waals surface area contributed by atoms with Crippen LogP contribution in [0.15, 0.2) is 66.1 Å². The molecule has 2 aromatic carbocycles. The fourth-order valence-corrected chi connectivity index (χ4v) is 3.84. The van der Waals surface area contributed by atoms with Crippen molar-refractivity contribution in [3.8, 4) is 0 Å². The van der Waals surface area contributed by atoms with Gasteiger partial charge in [0.15, 0.2) is 12.4 Å². The third-order valence-electron chi connectivity index (χ3n) is 5.00. The molecule has 0 unspecified atom stereocenters. The van der Waals surface area contributed by atoms with Crippen LogP contribution < -0.4 is 5.32 Å². The van der Waals surface area contributed by atoms with E-state index in [-0.39, 0.29) is 36.9 Å². The van der Waals surface area contributed by atoms with Gasteiger partial charge in [0.2, 0.25) is 11.7 Å². The molecule has 174 valence electrons. The fourth-order valence-electron chi connectivity index (χ4n) is 3.22.